The van der Waals surface area contributed by atoms with Gasteiger partial charge in [-0.2, -0.15) is 4.31 Å². The van der Waals surface area contributed by atoms with Crippen molar-refractivity contribution in [2.45, 2.75) is 49.6 Å². The number of nitrogens with zero attached hydrogens (tertiary/aromatic N) is 2. The Morgan fingerprint density at radius 3 is 2.09 bits per heavy atom. The summed E-state index contributed by atoms with van der Waals surface area (Å²) < 4.78 is 27.8. The Morgan fingerprint density at radius 1 is 1.09 bits per heavy atom. The van der Waals surface area contributed by atoms with E-state index in [9.17, 15) is 13.2 Å². The second-order valence-corrected chi connectivity index (χ2v) is 8.54. The van der Waals surface area contributed by atoms with Crippen LogP contribution in [0.5, 0.6) is 0 Å². The Balaban J connectivity index is 1.82. The zero-order valence-corrected chi connectivity index (χ0v) is 14.7. The molecule has 1 aliphatic carbocycles. The van der Waals surface area contributed by atoms with Crippen molar-refractivity contribution in [3.05, 3.63) is 29.3 Å². The molecule has 1 saturated carbocycles. The molecule has 1 aromatic carbocycles. The Kier molecular flexibility index (Phi) is 4.67. The molecule has 1 aromatic rings. The maximum absolute atomic E-state index is 13.0. The summed E-state index contributed by atoms with van der Waals surface area (Å²) in [4.78, 5) is 13.5. The van der Waals surface area contributed by atoms with Crippen LogP contribution in [-0.4, -0.2) is 48.7 Å². The number of benzene rings is 1. The molecule has 0 atom stereocenters. The highest BCUT2D eigenvalue weighted by Gasteiger charge is 2.43. The van der Waals surface area contributed by atoms with E-state index in [1.807, 2.05) is 0 Å². The molecule has 5 nitrogen and oxygen atoms in total. The summed E-state index contributed by atoms with van der Waals surface area (Å²) in [5, 5.41) is 0.525. The van der Waals surface area contributed by atoms with E-state index in [0.717, 1.165) is 12.8 Å². The number of halogens is 1. The van der Waals surface area contributed by atoms with Crippen molar-refractivity contribution in [2.24, 2.45) is 0 Å². The van der Waals surface area contributed by atoms with Crippen molar-refractivity contribution >= 4 is 27.5 Å². The number of carbonyl (C=O) groups excluding carboxylic acids is 1. The first kappa shape index (κ1) is 16.7. The summed E-state index contributed by atoms with van der Waals surface area (Å²) in [5.74, 6) is 0.0574. The molecule has 1 aliphatic heterocycles. The summed E-state index contributed by atoms with van der Waals surface area (Å²) in [6.07, 6.45) is 3.23. The fourth-order valence-corrected chi connectivity index (χ4v) is 5.24. The van der Waals surface area contributed by atoms with Crippen LogP contribution in [0.25, 0.3) is 0 Å². The molecular weight excluding hydrogens is 336 g/mol. The Bertz CT molecular complexity index is 678. The van der Waals surface area contributed by atoms with E-state index >= 15 is 0 Å². The first-order chi connectivity index (χ1) is 10.9. The standard InChI is InChI=1S/C16H21ClN2O3S/c1-12(20)18-10-8-15(9-11-18)19(14-4-5-14)23(21,22)16-6-2-13(17)3-7-16/h2-3,6-7,14-15H,4-5,8-11H2,1H3. The summed E-state index contributed by atoms with van der Waals surface area (Å²) in [6, 6.07) is 6.42. The third kappa shape index (κ3) is 3.54. The van der Waals surface area contributed by atoms with E-state index in [0.29, 0.717) is 35.8 Å². The summed E-state index contributed by atoms with van der Waals surface area (Å²) in [6.45, 7) is 2.81. The maximum atomic E-state index is 13.0. The molecule has 2 aliphatic rings. The quantitative estimate of drug-likeness (QED) is 0.832. The molecule has 7 heteroatoms. The van der Waals surface area contributed by atoms with Crippen LogP contribution in [0.15, 0.2) is 29.2 Å². The zero-order chi connectivity index (χ0) is 16.6. The van der Waals surface area contributed by atoms with Crippen molar-refractivity contribution in [2.75, 3.05) is 13.1 Å². The van der Waals surface area contributed by atoms with Crippen LogP contribution in [0.4, 0.5) is 0 Å². The van der Waals surface area contributed by atoms with Crippen molar-refractivity contribution in [1.29, 1.82) is 0 Å². The lowest BCUT2D eigenvalue weighted by molar-refractivity contribution is -0.130. The maximum Gasteiger partial charge on any atom is 0.243 e. The van der Waals surface area contributed by atoms with Crippen LogP contribution >= 0.6 is 11.6 Å². The van der Waals surface area contributed by atoms with Crippen LogP contribution in [-0.2, 0) is 14.8 Å². The molecule has 2 fully saturated rings. The molecule has 1 amide bonds. The Labute approximate surface area is 142 Å². The number of rotatable bonds is 4. The van der Waals surface area contributed by atoms with E-state index in [2.05, 4.69) is 0 Å². The highest BCUT2D eigenvalue weighted by atomic mass is 35.5. The molecule has 126 valence electrons. The molecule has 0 N–H and O–H groups in total. The van der Waals surface area contributed by atoms with Gasteiger partial charge in [0.15, 0.2) is 0 Å². The molecule has 0 spiro atoms. The lowest BCUT2D eigenvalue weighted by Crippen LogP contribution is -2.49. The number of amides is 1. The molecule has 0 bridgehead atoms. The molecule has 0 unspecified atom stereocenters. The van der Waals surface area contributed by atoms with Gasteiger partial charge in [-0.15, -0.1) is 0 Å². The third-order valence-electron chi connectivity index (χ3n) is 4.57. The largest absolute Gasteiger partial charge is 0.343 e. The zero-order valence-electron chi connectivity index (χ0n) is 13.1. The van der Waals surface area contributed by atoms with Crippen molar-refractivity contribution in [3.63, 3.8) is 0 Å². The monoisotopic (exact) mass is 356 g/mol. The molecule has 23 heavy (non-hydrogen) atoms. The van der Waals surface area contributed by atoms with E-state index in [1.165, 1.54) is 0 Å². The van der Waals surface area contributed by atoms with Gasteiger partial charge in [0.05, 0.1) is 4.90 Å². The van der Waals surface area contributed by atoms with Crippen LogP contribution < -0.4 is 0 Å². The van der Waals surface area contributed by atoms with Gasteiger partial charge in [-0.25, -0.2) is 8.42 Å². The fourth-order valence-electron chi connectivity index (χ4n) is 3.18. The van der Waals surface area contributed by atoms with E-state index in [4.69, 9.17) is 11.6 Å². The number of piperidine rings is 1. The molecular formula is C16H21ClN2O3S. The van der Waals surface area contributed by atoms with Gasteiger partial charge < -0.3 is 4.90 Å². The third-order valence-corrected chi connectivity index (χ3v) is 6.84. The van der Waals surface area contributed by atoms with Gasteiger partial charge in [0, 0.05) is 37.1 Å². The lowest BCUT2D eigenvalue weighted by Gasteiger charge is -2.37. The van der Waals surface area contributed by atoms with Crippen LogP contribution in [0.3, 0.4) is 0 Å². The summed E-state index contributed by atoms with van der Waals surface area (Å²) in [5.41, 5.74) is 0. The number of likely N-dealkylation sites (tertiary alicyclic amines) is 1. The van der Waals surface area contributed by atoms with Gasteiger partial charge in [0.1, 0.15) is 0 Å². The minimum absolute atomic E-state index is 0.0289. The topological polar surface area (TPSA) is 57.7 Å². The number of hydrogen-bond acceptors (Lipinski definition) is 3. The Morgan fingerprint density at radius 2 is 1.61 bits per heavy atom. The van der Waals surface area contributed by atoms with Crippen molar-refractivity contribution < 1.29 is 13.2 Å². The van der Waals surface area contributed by atoms with Gasteiger partial charge in [0.25, 0.3) is 0 Å². The molecule has 1 saturated heterocycles. The van der Waals surface area contributed by atoms with Gasteiger partial charge in [0.2, 0.25) is 15.9 Å². The Hall–Kier alpha value is -1.11. The minimum atomic E-state index is -3.52. The van der Waals surface area contributed by atoms with Crippen molar-refractivity contribution in [3.8, 4) is 0 Å². The van der Waals surface area contributed by atoms with E-state index in [1.54, 1.807) is 40.4 Å². The second-order valence-electron chi connectivity index (χ2n) is 6.26. The molecule has 1 heterocycles. The summed E-state index contributed by atoms with van der Waals surface area (Å²) >= 11 is 5.86. The summed E-state index contributed by atoms with van der Waals surface area (Å²) in [7, 11) is -3.52. The average molecular weight is 357 g/mol. The van der Waals surface area contributed by atoms with Crippen LogP contribution in [0, 0.1) is 0 Å². The minimum Gasteiger partial charge on any atom is -0.343 e. The smallest absolute Gasteiger partial charge is 0.243 e. The van der Waals surface area contributed by atoms with E-state index in [-0.39, 0.29) is 18.0 Å². The highest BCUT2D eigenvalue weighted by molar-refractivity contribution is 7.89. The van der Waals surface area contributed by atoms with E-state index < -0.39 is 10.0 Å². The number of sulfonamides is 1. The van der Waals surface area contributed by atoms with Crippen molar-refractivity contribution in [1.82, 2.24) is 9.21 Å². The number of carbonyl (C=O) groups is 1. The predicted molar refractivity (Wildman–Crippen MR) is 88.8 cm³/mol. The molecule has 0 aromatic heterocycles. The molecule has 0 radical (unpaired) electrons. The normalized spacial score (nSPS) is 20.0. The lowest BCUT2D eigenvalue weighted by atomic mass is 10.0. The molecule has 3 rings (SSSR count). The van der Waals surface area contributed by atoms with Crippen LogP contribution in [0.2, 0.25) is 5.02 Å². The highest BCUT2D eigenvalue weighted by Crippen LogP contribution is 2.36. The van der Waals surface area contributed by atoms with Gasteiger partial charge in [-0.1, -0.05) is 11.6 Å². The first-order valence-electron chi connectivity index (χ1n) is 7.94. The second kappa shape index (κ2) is 6.42. The predicted octanol–water partition coefficient (Wildman–Crippen LogP) is 2.50. The van der Waals surface area contributed by atoms with Gasteiger partial charge in [-0.3, -0.25) is 4.79 Å². The van der Waals surface area contributed by atoms with Crippen LogP contribution in [0.1, 0.15) is 32.6 Å². The number of hydrogen-bond donors (Lipinski definition) is 0. The van der Waals surface area contributed by atoms with Gasteiger partial charge in [-0.05, 0) is 49.9 Å². The van der Waals surface area contributed by atoms with Gasteiger partial charge >= 0.3 is 0 Å². The average Bonchev–Trinajstić information content (AvgIpc) is 3.33. The fraction of sp³-hybridized carbons (Fsp3) is 0.562. The SMILES string of the molecule is CC(=O)N1CCC(N(C2CC2)S(=O)(=O)c2ccc(Cl)cc2)CC1. The first-order valence-corrected chi connectivity index (χ1v) is 9.76.